The molecule has 1 heterocycles. The first-order valence-electron chi connectivity index (χ1n) is 6.70. The van der Waals surface area contributed by atoms with Gasteiger partial charge in [-0.15, -0.1) is 5.10 Å². The van der Waals surface area contributed by atoms with Crippen molar-refractivity contribution in [2.45, 2.75) is 6.54 Å². The minimum atomic E-state index is -0.247. The van der Waals surface area contributed by atoms with Crippen LogP contribution in [0.5, 0.6) is 0 Å². The second-order valence-corrected chi connectivity index (χ2v) is 4.88. The van der Waals surface area contributed by atoms with Crippen LogP contribution in [-0.4, -0.2) is 47.3 Å². The van der Waals surface area contributed by atoms with E-state index in [2.05, 4.69) is 30.7 Å². The standard InChI is InChI=1S/C14H19FN6/c1-21(2)8-7-16-13-10-18-20-14(19-13)17-9-11-3-5-12(15)6-4-11/h3-6,10H,7-9H2,1-2H3,(H2,16,17,19,20). The number of anilines is 2. The molecule has 21 heavy (non-hydrogen) atoms. The van der Waals surface area contributed by atoms with Crippen LogP contribution >= 0.6 is 0 Å². The van der Waals surface area contributed by atoms with Gasteiger partial charge in [-0.2, -0.15) is 10.1 Å². The highest BCUT2D eigenvalue weighted by Crippen LogP contribution is 2.07. The van der Waals surface area contributed by atoms with Crippen LogP contribution in [0.4, 0.5) is 16.2 Å². The molecular formula is C14H19FN6. The van der Waals surface area contributed by atoms with E-state index in [-0.39, 0.29) is 5.82 Å². The fraction of sp³-hybridized carbons (Fsp3) is 0.357. The molecule has 0 unspecified atom stereocenters. The van der Waals surface area contributed by atoms with Gasteiger partial charge in [-0.3, -0.25) is 0 Å². The third-order valence-corrected chi connectivity index (χ3v) is 2.79. The van der Waals surface area contributed by atoms with Crippen molar-refractivity contribution in [3.63, 3.8) is 0 Å². The van der Waals surface area contributed by atoms with Gasteiger partial charge in [-0.25, -0.2) is 4.39 Å². The van der Waals surface area contributed by atoms with Gasteiger partial charge in [-0.05, 0) is 31.8 Å². The molecule has 112 valence electrons. The molecule has 0 atom stereocenters. The Morgan fingerprint density at radius 3 is 2.62 bits per heavy atom. The SMILES string of the molecule is CN(C)CCNc1cnnc(NCc2ccc(F)cc2)n1. The van der Waals surface area contributed by atoms with Gasteiger partial charge in [0.1, 0.15) is 5.82 Å². The molecule has 0 saturated carbocycles. The van der Waals surface area contributed by atoms with Crippen LogP contribution in [0.15, 0.2) is 30.5 Å². The maximum atomic E-state index is 12.8. The van der Waals surface area contributed by atoms with E-state index in [0.717, 1.165) is 18.7 Å². The molecule has 1 aromatic carbocycles. The lowest BCUT2D eigenvalue weighted by molar-refractivity contribution is 0.425. The smallest absolute Gasteiger partial charge is 0.244 e. The van der Waals surface area contributed by atoms with Crippen molar-refractivity contribution in [1.29, 1.82) is 0 Å². The molecule has 0 bridgehead atoms. The zero-order valence-corrected chi connectivity index (χ0v) is 12.2. The molecular weight excluding hydrogens is 271 g/mol. The van der Waals surface area contributed by atoms with Crippen LogP contribution in [0.1, 0.15) is 5.56 Å². The predicted molar refractivity (Wildman–Crippen MR) is 80.6 cm³/mol. The summed E-state index contributed by atoms with van der Waals surface area (Å²) in [5, 5.41) is 14.1. The highest BCUT2D eigenvalue weighted by molar-refractivity contribution is 5.37. The largest absolute Gasteiger partial charge is 0.367 e. The number of aromatic nitrogens is 3. The molecule has 0 spiro atoms. The summed E-state index contributed by atoms with van der Waals surface area (Å²) in [5.41, 5.74) is 0.950. The molecule has 0 aliphatic heterocycles. The molecule has 0 saturated heterocycles. The molecule has 0 radical (unpaired) electrons. The molecule has 0 aliphatic carbocycles. The number of rotatable bonds is 7. The third kappa shape index (κ3) is 5.31. The number of hydrogen-bond donors (Lipinski definition) is 2. The Morgan fingerprint density at radius 1 is 1.14 bits per heavy atom. The maximum absolute atomic E-state index is 12.8. The summed E-state index contributed by atoms with van der Waals surface area (Å²) in [6.07, 6.45) is 1.58. The number of likely N-dealkylation sites (N-methyl/N-ethyl adjacent to an activating group) is 1. The van der Waals surface area contributed by atoms with Crippen molar-refractivity contribution in [3.05, 3.63) is 41.8 Å². The van der Waals surface area contributed by atoms with E-state index < -0.39 is 0 Å². The Kier molecular flexibility index (Phi) is 5.39. The van der Waals surface area contributed by atoms with Crippen LogP contribution in [0, 0.1) is 5.82 Å². The van der Waals surface area contributed by atoms with Crippen molar-refractivity contribution < 1.29 is 4.39 Å². The minimum absolute atomic E-state index is 0.247. The van der Waals surface area contributed by atoms with Gasteiger partial charge in [0.15, 0.2) is 5.82 Å². The van der Waals surface area contributed by atoms with E-state index >= 15 is 0 Å². The third-order valence-electron chi connectivity index (χ3n) is 2.79. The van der Waals surface area contributed by atoms with Crippen LogP contribution in [-0.2, 0) is 6.54 Å². The molecule has 7 heteroatoms. The van der Waals surface area contributed by atoms with Crippen LogP contribution in [0.25, 0.3) is 0 Å². The van der Waals surface area contributed by atoms with Crippen molar-refractivity contribution in [2.24, 2.45) is 0 Å². The average Bonchev–Trinajstić information content (AvgIpc) is 2.47. The van der Waals surface area contributed by atoms with Crippen molar-refractivity contribution in [1.82, 2.24) is 20.1 Å². The van der Waals surface area contributed by atoms with E-state index in [4.69, 9.17) is 0 Å². The number of hydrogen-bond acceptors (Lipinski definition) is 6. The molecule has 2 N–H and O–H groups in total. The molecule has 0 aliphatic rings. The summed E-state index contributed by atoms with van der Waals surface area (Å²) >= 11 is 0. The van der Waals surface area contributed by atoms with E-state index in [0.29, 0.717) is 18.3 Å². The van der Waals surface area contributed by atoms with Gasteiger partial charge in [0.2, 0.25) is 5.95 Å². The van der Waals surface area contributed by atoms with Crippen LogP contribution < -0.4 is 10.6 Å². The number of benzene rings is 1. The summed E-state index contributed by atoms with van der Waals surface area (Å²) in [6, 6.07) is 6.29. The summed E-state index contributed by atoms with van der Waals surface area (Å²) in [5.74, 6) is 0.867. The highest BCUT2D eigenvalue weighted by Gasteiger charge is 2.01. The predicted octanol–water partition coefficient (Wildman–Crippen LogP) is 1.60. The first-order valence-corrected chi connectivity index (χ1v) is 6.70. The van der Waals surface area contributed by atoms with Gasteiger partial charge in [-0.1, -0.05) is 12.1 Å². The zero-order valence-electron chi connectivity index (χ0n) is 12.2. The zero-order chi connectivity index (χ0) is 15.1. The van der Waals surface area contributed by atoms with Crippen molar-refractivity contribution in [3.8, 4) is 0 Å². The molecule has 2 rings (SSSR count). The lowest BCUT2D eigenvalue weighted by atomic mass is 10.2. The van der Waals surface area contributed by atoms with Crippen molar-refractivity contribution in [2.75, 3.05) is 37.8 Å². The van der Waals surface area contributed by atoms with Gasteiger partial charge in [0, 0.05) is 19.6 Å². The molecule has 0 amide bonds. The van der Waals surface area contributed by atoms with Crippen LogP contribution in [0.3, 0.4) is 0 Å². The number of nitrogens with one attached hydrogen (secondary N) is 2. The second-order valence-electron chi connectivity index (χ2n) is 4.88. The fourth-order valence-electron chi connectivity index (χ4n) is 1.65. The summed E-state index contributed by atoms with van der Waals surface area (Å²) in [6.45, 7) is 2.20. The Morgan fingerprint density at radius 2 is 1.90 bits per heavy atom. The Balaban J connectivity index is 1.87. The first-order chi connectivity index (χ1) is 10.1. The maximum Gasteiger partial charge on any atom is 0.244 e. The minimum Gasteiger partial charge on any atom is -0.367 e. The normalized spacial score (nSPS) is 10.7. The van der Waals surface area contributed by atoms with E-state index in [1.54, 1.807) is 18.3 Å². The Hall–Kier alpha value is -2.28. The summed E-state index contributed by atoms with van der Waals surface area (Å²) in [7, 11) is 4.02. The van der Waals surface area contributed by atoms with Gasteiger partial charge >= 0.3 is 0 Å². The Bertz CT molecular complexity index is 558. The molecule has 1 aromatic heterocycles. The highest BCUT2D eigenvalue weighted by atomic mass is 19.1. The lowest BCUT2D eigenvalue weighted by Crippen LogP contribution is -2.21. The lowest BCUT2D eigenvalue weighted by Gasteiger charge is -2.11. The van der Waals surface area contributed by atoms with Gasteiger partial charge < -0.3 is 15.5 Å². The van der Waals surface area contributed by atoms with Gasteiger partial charge in [0.05, 0.1) is 6.20 Å². The monoisotopic (exact) mass is 290 g/mol. The van der Waals surface area contributed by atoms with Crippen molar-refractivity contribution >= 4 is 11.8 Å². The summed E-state index contributed by atoms with van der Waals surface area (Å²) < 4.78 is 12.8. The Labute approximate surface area is 123 Å². The van der Waals surface area contributed by atoms with E-state index in [9.17, 15) is 4.39 Å². The summed E-state index contributed by atoms with van der Waals surface area (Å²) in [4.78, 5) is 6.39. The second kappa shape index (κ2) is 7.49. The van der Waals surface area contributed by atoms with Gasteiger partial charge in [0.25, 0.3) is 0 Å². The average molecular weight is 290 g/mol. The quantitative estimate of drug-likeness (QED) is 0.807. The number of nitrogens with zero attached hydrogens (tertiary/aromatic N) is 4. The molecule has 0 fully saturated rings. The fourth-order valence-corrected chi connectivity index (χ4v) is 1.65. The molecule has 6 nitrogen and oxygen atoms in total. The van der Waals surface area contributed by atoms with E-state index in [1.165, 1.54) is 12.1 Å². The molecule has 2 aromatic rings. The first kappa shape index (κ1) is 15.1. The van der Waals surface area contributed by atoms with E-state index in [1.807, 2.05) is 14.1 Å². The number of halogens is 1. The topological polar surface area (TPSA) is 66.0 Å². The van der Waals surface area contributed by atoms with Crippen LogP contribution in [0.2, 0.25) is 0 Å².